The number of aliphatic hydroxyl groups excluding tert-OH is 1. The van der Waals surface area contributed by atoms with Crippen LogP contribution in [0, 0.1) is 0 Å². The molecule has 0 aromatic rings. The highest BCUT2D eigenvalue weighted by molar-refractivity contribution is 4.76. The molecule has 2 atom stereocenters. The molecule has 1 rings (SSSR count). The first-order valence-electron chi connectivity index (χ1n) is 4.56. The van der Waals surface area contributed by atoms with Crippen LogP contribution >= 0.6 is 0 Å². The second kappa shape index (κ2) is 4.77. The van der Waals surface area contributed by atoms with Crippen LogP contribution in [0.25, 0.3) is 0 Å². The van der Waals surface area contributed by atoms with E-state index in [2.05, 4.69) is 15.5 Å². The van der Waals surface area contributed by atoms with Gasteiger partial charge in [-0.05, 0) is 14.0 Å². The summed E-state index contributed by atoms with van der Waals surface area (Å²) in [5.41, 5.74) is 0. The van der Waals surface area contributed by atoms with Gasteiger partial charge >= 0.3 is 0 Å². The predicted octanol–water partition coefficient (Wildman–Crippen LogP) is -1.18. The molecule has 4 nitrogen and oxygen atoms in total. The molecule has 1 unspecified atom stereocenters. The summed E-state index contributed by atoms with van der Waals surface area (Å²) >= 11 is 0. The average Bonchev–Trinajstić information content (AvgIpc) is 2.17. The van der Waals surface area contributed by atoms with Crippen molar-refractivity contribution in [2.75, 3.05) is 33.2 Å². The van der Waals surface area contributed by atoms with Crippen molar-refractivity contribution < 1.29 is 5.11 Å². The second-order valence-electron chi connectivity index (χ2n) is 3.26. The Bertz CT molecular complexity index is 125. The minimum atomic E-state index is -0.414. The van der Waals surface area contributed by atoms with Crippen LogP contribution in [0.15, 0.2) is 0 Å². The van der Waals surface area contributed by atoms with Gasteiger partial charge in [0.15, 0.2) is 0 Å². The van der Waals surface area contributed by atoms with Gasteiger partial charge in [0.1, 0.15) is 6.23 Å². The average molecular weight is 173 g/mol. The first kappa shape index (κ1) is 9.92. The predicted molar refractivity (Wildman–Crippen MR) is 49.0 cm³/mol. The Balaban J connectivity index is 2.33. The molecule has 3 N–H and O–H groups in total. The summed E-state index contributed by atoms with van der Waals surface area (Å²) in [7, 11) is 1.78. The largest absolute Gasteiger partial charge is 0.377 e. The number of hydrogen-bond donors (Lipinski definition) is 3. The number of rotatable bonds is 3. The van der Waals surface area contributed by atoms with Gasteiger partial charge in [-0.15, -0.1) is 0 Å². The van der Waals surface area contributed by atoms with Gasteiger partial charge in [-0.25, -0.2) is 0 Å². The minimum Gasteiger partial charge on any atom is -0.377 e. The molecule has 1 aliphatic heterocycles. The molecule has 1 saturated heterocycles. The van der Waals surface area contributed by atoms with Gasteiger partial charge in [-0.1, -0.05) is 0 Å². The van der Waals surface area contributed by atoms with Crippen molar-refractivity contribution in [3.63, 3.8) is 0 Å². The number of likely N-dealkylation sites (N-methyl/N-ethyl adjacent to an activating group) is 1. The molecule has 4 heteroatoms. The van der Waals surface area contributed by atoms with E-state index in [9.17, 15) is 5.11 Å². The molecule has 0 aromatic heterocycles. The Kier molecular flexibility index (Phi) is 3.94. The fourth-order valence-corrected chi connectivity index (χ4v) is 1.53. The molecule has 0 bridgehead atoms. The number of piperazine rings is 1. The van der Waals surface area contributed by atoms with E-state index in [1.165, 1.54) is 0 Å². The third-order valence-electron chi connectivity index (χ3n) is 2.48. The van der Waals surface area contributed by atoms with Gasteiger partial charge in [0, 0.05) is 32.2 Å². The zero-order valence-corrected chi connectivity index (χ0v) is 7.88. The molecule has 1 heterocycles. The Morgan fingerprint density at radius 1 is 1.42 bits per heavy atom. The fraction of sp³-hybridized carbons (Fsp3) is 1.00. The van der Waals surface area contributed by atoms with E-state index in [-0.39, 0.29) is 6.04 Å². The first-order chi connectivity index (χ1) is 5.75. The monoisotopic (exact) mass is 173 g/mol. The van der Waals surface area contributed by atoms with Crippen LogP contribution in [-0.4, -0.2) is 55.5 Å². The van der Waals surface area contributed by atoms with Crippen molar-refractivity contribution in [2.45, 2.75) is 19.2 Å². The zero-order chi connectivity index (χ0) is 8.97. The third kappa shape index (κ3) is 2.42. The summed E-state index contributed by atoms with van der Waals surface area (Å²) in [6, 6.07) is 0.206. The summed E-state index contributed by atoms with van der Waals surface area (Å²) in [6.07, 6.45) is -0.414. The van der Waals surface area contributed by atoms with Gasteiger partial charge in [-0.2, -0.15) is 0 Å². The molecule has 1 aliphatic rings. The minimum absolute atomic E-state index is 0.206. The Labute approximate surface area is 73.9 Å². The SMILES string of the molecule is CN[C@@H](O)C(C)N1CCNCC1. The van der Waals surface area contributed by atoms with Crippen molar-refractivity contribution in [3.8, 4) is 0 Å². The van der Waals surface area contributed by atoms with Crippen molar-refractivity contribution in [1.82, 2.24) is 15.5 Å². The van der Waals surface area contributed by atoms with Gasteiger partial charge in [0.25, 0.3) is 0 Å². The number of hydrogen-bond acceptors (Lipinski definition) is 4. The highest BCUT2D eigenvalue weighted by atomic mass is 16.3. The maximum Gasteiger partial charge on any atom is 0.120 e. The summed E-state index contributed by atoms with van der Waals surface area (Å²) in [5, 5.41) is 15.6. The lowest BCUT2D eigenvalue weighted by Gasteiger charge is -2.35. The van der Waals surface area contributed by atoms with E-state index in [1.54, 1.807) is 7.05 Å². The van der Waals surface area contributed by atoms with Crippen molar-refractivity contribution in [2.24, 2.45) is 0 Å². The Hall–Kier alpha value is -0.160. The van der Waals surface area contributed by atoms with E-state index in [1.807, 2.05) is 6.92 Å². The van der Waals surface area contributed by atoms with Gasteiger partial charge in [-0.3, -0.25) is 10.2 Å². The zero-order valence-electron chi connectivity index (χ0n) is 7.88. The van der Waals surface area contributed by atoms with Crippen LogP contribution < -0.4 is 10.6 Å². The standard InChI is InChI=1S/C8H19N3O/c1-7(8(12)9-2)11-5-3-10-4-6-11/h7-10,12H,3-6H2,1-2H3/t7?,8-/m0/s1. The van der Waals surface area contributed by atoms with E-state index in [4.69, 9.17) is 0 Å². The third-order valence-corrected chi connectivity index (χ3v) is 2.48. The fourth-order valence-electron chi connectivity index (χ4n) is 1.53. The molecule has 0 spiro atoms. The van der Waals surface area contributed by atoms with E-state index < -0.39 is 6.23 Å². The molecule has 0 saturated carbocycles. The molecule has 0 radical (unpaired) electrons. The smallest absolute Gasteiger partial charge is 0.120 e. The van der Waals surface area contributed by atoms with Crippen LogP contribution in [0.5, 0.6) is 0 Å². The highest BCUT2D eigenvalue weighted by Gasteiger charge is 2.21. The molecule has 0 aliphatic carbocycles. The Morgan fingerprint density at radius 2 is 2.00 bits per heavy atom. The molecule has 12 heavy (non-hydrogen) atoms. The second-order valence-corrected chi connectivity index (χ2v) is 3.26. The topological polar surface area (TPSA) is 47.5 Å². The van der Waals surface area contributed by atoms with Crippen LogP contribution in [-0.2, 0) is 0 Å². The Morgan fingerprint density at radius 3 is 2.50 bits per heavy atom. The van der Waals surface area contributed by atoms with E-state index in [0.717, 1.165) is 26.2 Å². The maximum atomic E-state index is 9.51. The lowest BCUT2D eigenvalue weighted by atomic mass is 10.2. The quantitative estimate of drug-likeness (QED) is 0.470. The normalized spacial score (nSPS) is 25.2. The molecule has 72 valence electrons. The number of nitrogens with zero attached hydrogens (tertiary/aromatic N) is 1. The summed E-state index contributed by atoms with van der Waals surface area (Å²) in [4.78, 5) is 2.29. The van der Waals surface area contributed by atoms with Crippen molar-refractivity contribution in [1.29, 1.82) is 0 Å². The van der Waals surface area contributed by atoms with Crippen LogP contribution in [0.1, 0.15) is 6.92 Å². The summed E-state index contributed by atoms with van der Waals surface area (Å²) in [5.74, 6) is 0. The number of nitrogens with one attached hydrogen (secondary N) is 2. The highest BCUT2D eigenvalue weighted by Crippen LogP contribution is 2.03. The molecular weight excluding hydrogens is 154 g/mol. The number of aliphatic hydroxyl groups is 1. The maximum absolute atomic E-state index is 9.51. The summed E-state index contributed by atoms with van der Waals surface area (Å²) in [6.45, 7) is 6.16. The van der Waals surface area contributed by atoms with E-state index in [0.29, 0.717) is 0 Å². The molecular formula is C8H19N3O. The van der Waals surface area contributed by atoms with Crippen molar-refractivity contribution in [3.05, 3.63) is 0 Å². The van der Waals surface area contributed by atoms with Gasteiger partial charge in [0.05, 0.1) is 0 Å². The van der Waals surface area contributed by atoms with Gasteiger partial charge < -0.3 is 10.4 Å². The van der Waals surface area contributed by atoms with Gasteiger partial charge in [0.2, 0.25) is 0 Å². The molecule has 1 fully saturated rings. The molecule has 0 aromatic carbocycles. The lowest BCUT2D eigenvalue weighted by molar-refractivity contribution is 0.0349. The van der Waals surface area contributed by atoms with Crippen LogP contribution in [0.3, 0.4) is 0 Å². The van der Waals surface area contributed by atoms with Crippen LogP contribution in [0.4, 0.5) is 0 Å². The molecule has 0 amide bonds. The van der Waals surface area contributed by atoms with E-state index >= 15 is 0 Å². The van der Waals surface area contributed by atoms with Crippen LogP contribution in [0.2, 0.25) is 0 Å². The summed E-state index contributed by atoms with van der Waals surface area (Å²) < 4.78 is 0. The van der Waals surface area contributed by atoms with Crippen molar-refractivity contribution >= 4 is 0 Å². The lowest BCUT2D eigenvalue weighted by Crippen LogP contribution is -2.53. The first-order valence-corrected chi connectivity index (χ1v) is 4.56.